The number of aryl methyl sites for hydroxylation is 1. The summed E-state index contributed by atoms with van der Waals surface area (Å²) in [5.41, 5.74) is 2.84. The molecule has 0 bridgehead atoms. The maximum atomic E-state index is 11.3. The molecule has 0 aliphatic rings. The molecule has 0 atom stereocenters. The van der Waals surface area contributed by atoms with Gasteiger partial charge in [0.2, 0.25) is 5.56 Å². The smallest absolute Gasteiger partial charge is 0.248 e. The van der Waals surface area contributed by atoms with Crippen LogP contribution in [-0.2, 0) is 0 Å². The minimum atomic E-state index is -0.0861. The van der Waals surface area contributed by atoms with E-state index < -0.39 is 0 Å². The van der Waals surface area contributed by atoms with Crippen molar-refractivity contribution in [2.24, 2.45) is 0 Å². The van der Waals surface area contributed by atoms with Gasteiger partial charge in [0.15, 0.2) is 0 Å². The molecule has 0 spiro atoms. The second kappa shape index (κ2) is 3.82. The van der Waals surface area contributed by atoms with E-state index in [1.165, 1.54) is 4.70 Å². The number of hydrogen-bond donors (Lipinski definition) is 1. The molecule has 0 aliphatic carbocycles. The number of thiazole rings is 1. The van der Waals surface area contributed by atoms with Gasteiger partial charge in [0, 0.05) is 12.3 Å². The van der Waals surface area contributed by atoms with E-state index in [2.05, 4.69) is 16.0 Å². The van der Waals surface area contributed by atoms with E-state index in [0.717, 1.165) is 21.7 Å². The molecule has 2 heterocycles. The van der Waals surface area contributed by atoms with Crippen molar-refractivity contribution in [1.82, 2.24) is 9.97 Å². The fraction of sp³-hybridized carbons (Fsp3) is 0.0769. The summed E-state index contributed by atoms with van der Waals surface area (Å²) in [5.74, 6) is 0. The number of pyridine rings is 1. The van der Waals surface area contributed by atoms with Gasteiger partial charge in [-0.1, -0.05) is 6.07 Å². The van der Waals surface area contributed by atoms with Gasteiger partial charge in [-0.15, -0.1) is 11.3 Å². The predicted molar refractivity (Wildman–Crippen MR) is 70.4 cm³/mol. The normalized spacial score (nSPS) is 10.9. The lowest BCUT2D eigenvalue weighted by atomic mass is 10.1. The van der Waals surface area contributed by atoms with Crippen LogP contribution in [0.25, 0.3) is 21.3 Å². The SMILES string of the molecule is Cc1nc2cc(-c3cc[nH]c(=O)c3)ccc2s1. The van der Waals surface area contributed by atoms with E-state index in [1.807, 2.05) is 25.1 Å². The second-order valence-corrected chi connectivity index (χ2v) is 5.09. The highest BCUT2D eigenvalue weighted by Crippen LogP contribution is 2.26. The van der Waals surface area contributed by atoms with Crippen LogP contribution in [0.1, 0.15) is 5.01 Å². The molecule has 0 fully saturated rings. The Bertz CT molecular complexity index is 742. The molecule has 3 nitrogen and oxygen atoms in total. The lowest BCUT2D eigenvalue weighted by molar-refractivity contribution is 1.24. The first-order valence-corrected chi connectivity index (χ1v) is 6.10. The second-order valence-electron chi connectivity index (χ2n) is 3.86. The Morgan fingerprint density at radius 2 is 2.00 bits per heavy atom. The Balaban J connectivity index is 2.20. The first kappa shape index (κ1) is 10.2. The molecule has 3 aromatic rings. The van der Waals surface area contributed by atoms with E-state index in [0.29, 0.717) is 0 Å². The van der Waals surface area contributed by atoms with Gasteiger partial charge in [-0.2, -0.15) is 0 Å². The van der Waals surface area contributed by atoms with Gasteiger partial charge in [-0.3, -0.25) is 4.79 Å². The van der Waals surface area contributed by atoms with Crippen molar-refractivity contribution < 1.29 is 0 Å². The molecule has 3 rings (SSSR count). The lowest BCUT2D eigenvalue weighted by Gasteiger charge is -1.99. The van der Waals surface area contributed by atoms with Gasteiger partial charge in [-0.05, 0) is 36.2 Å². The van der Waals surface area contributed by atoms with E-state index in [1.54, 1.807) is 23.6 Å². The number of nitrogens with zero attached hydrogens (tertiary/aromatic N) is 1. The largest absolute Gasteiger partial charge is 0.329 e. The number of nitrogens with one attached hydrogen (secondary N) is 1. The highest BCUT2D eigenvalue weighted by molar-refractivity contribution is 7.18. The maximum absolute atomic E-state index is 11.3. The van der Waals surface area contributed by atoms with Crippen molar-refractivity contribution in [2.45, 2.75) is 6.92 Å². The van der Waals surface area contributed by atoms with Crippen molar-refractivity contribution in [3.8, 4) is 11.1 Å². The summed E-state index contributed by atoms with van der Waals surface area (Å²) in [6, 6.07) is 9.58. The standard InChI is InChI=1S/C13H10N2OS/c1-8-15-11-6-9(2-3-12(11)17-8)10-4-5-14-13(16)7-10/h2-7H,1H3,(H,14,16). The van der Waals surface area contributed by atoms with Crippen LogP contribution in [0, 0.1) is 6.92 Å². The van der Waals surface area contributed by atoms with Crippen LogP contribution in [0.3, 0.4) is 0 Å². The van der Waals surface area contributed by atoms with Gasteiger partial charge >= 0.3 is 0 Å². The van der Waals surface area contributed by atoms with Crippen LogP contribution in [0.4, 0.5) is 0 Å². The number of aromatic amines is 1. The fourth-order valence-electron chi connectivity index (χ4n) is 1.85. The zero-order valence-electron chi connectivity index (χ0n) is 9.23. The highest BCUT2D eigenvalue weighted by Gasteiger charge is 2.03. The maximum Gasteiger partial charge on any atom is 0.248 e. The number of H-pyrrole nitrogens is 1. The Hall–Kier alpha value is -1.94. The Kier molecular flexibility index (Phi) is 2.30. The minimum Gasteiger partial charge on any atom is -0.329 e. The first-order valence-electron chi connectivity index (χ1n) is 5.29. The Labute approximate surface area is 102 Å². The molecule has 4 heteroatoms. The number of rotatable bonds is 1. The van der Waals surface area contributed by atoms with Crippen molar-refractivity contribution in [2.75, 3.05) is 0 Å². The minimum absolute atomic E-state index is 0.0861. The van der Waals surface area contributed by atoms with Crippen molar-refractivity contribution >= 4 is 21.6 Å². The van der Waals surface area contributed by atoms with Crippen molar-refractivity contribution in [3.63, 3.8) is 0 Å². The van der Waals surface area contributed by atoms with Crippen LogP contribution in [0.15, 0.2) is 41.3 Å². The molecule has 0 radical (unpaired) electrons. The van der Waals surface area contributed by atoms with Gasteiger partial charge in [0.25, 0.3) is 0 Å². The fourth-order valence-corrected chi connectivity index (χ4v) is 2.65. The zero-order chi connectivity index (χ0) is 11.8. The van der Waals surface area contributed by atoms with Crippen LogP contribution < -0.4 is 5.56 Å². The Morgan fingerprint density at radius 3 is 2.82 bits per heavy atom. The molecule has 0 saturated heterocycles. The quantitative estimate of drug-likeness (QED) is 0.713. The molecule has 0 unspecified atom stereocenters. The summed E-state index contributed by atoms with van der Waals surface area (Å²) >= 11 is 1.68. The van der Waals surface area contributed by atoms with Gasteiger partial charge in [-0.25, -0.2) is 4.98 Å². The Morgan fingerprint density at radius 1 is 1.18 bits per heavy atom. The zero-order valence-corrected chi connectivity index (χ0v) is 10.0. The van der Waals surface area contributed by atoms with E-state index in [9.17, 15) is 4.79 Å². The lowest BCUT2D eigenvalue weighted by Crippen LogP contribution is -2.01. The van der Waals surface area contributed by atoms with E-state index in [-0.39, 0.29) is 5.56 Å². The third kappa shape index (κ3) is 1.87. The van der Waals surface area contributed by atoms with Gasteiger partial charge in [0.1, 0.15) is 0 Å². The number of benzene rings is 1. The van der Waals surface area contributed by atoms with E-state index in [4.69, 9.17) is 0 Å². The number of fused-ring (bicyclic) bond motifs is 1. The topological polar surface area (TPSA) is 45.8 Å². The molecule has 17 heavy (non-hydrogen) atoms. The molecule has 0 saturated carbocycles. The average molecular weight is 242 g/mol. The summed E-state index contributed by atoms with van der Waals surface area (Å²) in [6.45, 7) is 2.00. The monoisotopic (exact) mass is 242 g/mol. The summed E-state index contributed by atoms with van der Waals surface area (Å²) in [7, 11) is 0. The predicted octanol–water partition coefficient (Wildman–Crippen LogP) is 2.96. The molecule has 2 aromatic heterocycles. The van der Waals surface area contributed by atoms with Crippen molar-refractivity contribution in [3.05, 3.63) is 51.9 Å². The van der Waals surface area contributed by atoms with Crippen LogP contribution in [-0.4, -0.2) is 9.97 Å². The first-order chi connectivity index (χ1) is 8.22. The van der Waals surface area contributed by atoms with Crippen LogP contribution in [0.2, 0.25) is 0 Å². The number of hydrogen-bond acceptors (Lipinski definition) is 3. The third-order valence-corrected chi connectivity index (χ3v) is 3.55. The molecule has 0 aliphatic heterocycles. The molecule has 1 N–H and O–H groups in total. The van der Waals surface area contributed by atoms with Crippen molar-refractivity contribution in [1.29, 1.82) is 0 Å². The molecule has 84 valence electrons. The van der Waals surface area contributed by atoms with Gasteiger partial charge < -0.3 is 4.98 Å². The summed E-state index contributed by atoms with van der Waals surface area (Å²) in [4.78, 5) is 18.3. The molecule has 0 amide bonds. The summed E-state index contributed by atoms with van der Waals surface area (Å²) in [6.07, 6.45) is 1.66. The average Bonchev–Trinajstić information content (AvgIpc) is 2.68. The highest BCUT2D eigenvalue weighted by atomic mass is 32.1. The summed E-state index contributed by atoms with van der Waals surface area (Å²) in [5, 5.41) is 1.06. The van der Waals surface area contributed by atoms with Gasteiger partial charge in [0.05, 0.1) is 15.2 Å². The number of aromatic nitrogens is 2. The summed E-state index contributed by atoms with van der Waals surface area (Å²) < 4.78 is 1.18. The molecular formula is C13H10N2OS. The van der Waals surface area contributed by atoms with Crippen LogP contribution in [0.5, 0.6) is 0 Å². The van der Waals surface area contributed by atoms with E-state index >= 15 is 0 Å². The van der Waals surface area contributed by atoms with Crippen LogP contribution >= 0.6 is 11.3 Å². The molecular weight excluding hydrogens is 232 g/mol. The third-order valence-electron chi connectivity index (χ3n) is 2.60. The molecule has 1 aromatic carbocycles.